The first-order valence-corrected chi connectivity index (χ1v) is 11.5. The molecule has 34 heavy (non-hydrogen) atoms. The number of fused-ring (bicyclic) bond motifs is 1. The van der Waals surface area contributed by atoms with Crippen LogP contribution in [0.15, 0.2) is 66.0 Å². The molecule has 0 amide bonds. The largest absolute Gasteiger partial charge is 0.497 e. The number of benzene rings is 2. The van der Waals surface area contributed by atoms with Crippen molar-refractivity contribution in [1.29, 1.82) is 0 Å². The molecule has 0 unspecified atom stereocenters. The summed E-state index contributed by atoms with van der Waals surface area (Å²) in [6, 6.07) is 11.8. The Morgan fingerprint density at radius 2 is 2.00 bits per heavy atom. The van der Waals surface area contributed by atoms with E-state index in [1.165, 1.54) is 43.2 Å². The number of ether oxygens (including phenoxy) is 2. The molecule has 176 valence electrons. The molecule has 0 saturated heterocycles. The molecule has 2 aromatic heterocycles. The highest BCUT2D eigenvalue weighted by Crippen LogP contribution is 2.37. The molecule has 10 heteroatoms. The van der Waals surface area contributed by atoms with Crippen molar-refractivity contribution in [2.45, 2.75) is 0 Å². The van der Waals surface area contributed by atoms with Crippen molar-refractivity contribution in [1.82, 2.24) is 14.5 Å². The van der Waals surface area contributed by atoms with Crippen LogP contribution in [-0.4, -0.2) is 48.2 Å². The van der Waals surface area contributed by atoms with Crippen LogP contribution in [-0.2, 0) is 4.18 Å². The molecule has 0 atom stereocenters. The fraction of sp³-hybridized carbons (Fsp3) is 0.208. The third kappa shape index (κ3) is 4.68. The zero-order valence-electron chi connectivity index (χ0n) is 18.9. The van der Waals surface area contributed by atoms with E-state index in [9.17, 15) is 4.79 Å². The van der Waals surface area contributed by atoms with E-state index >= 15 is 4.39 Å². The Bertz CT molecular complexity index is 1350. The minimum absolute atomic E-state index is 0.0477. The highest BCUT2D eigenvalue weighted by atomic mass is 32.2. The Morgan fingerprint density at radius 1 is 1.15 bits per heavy atom. The predicted octanol–water partition coefficient (Wildman–Crippen LogP) is 4.37. The average molecular weight is 483 g/mol. The van der Waals surface area contributed by atoms with Gasteiger partial charge in [-0.2, -0.15) is 0 Å². The lowest BCUT2D eigenvalue weighted by molar-refractivity contribution is 0.371. The number of anilines is 2. The van der Waals surface area contributed by atoms with Crippen molar-refractivity contribution in [3.05, 3.63) is 77.4 Å². The first kappa shape index (κ1) is 23.5. The monoisotopic (exact) mass is 482 g/mol. The fourth-order valence-electron chi connectivity index (χ4n) is 3.58. The summed E-state index contributed by atoms with van der Waals surface area (Å²) < 4.78 is 32.8. The van der Waals surface area contributed by atoms with Crippen LogP contribution in [0.5, 0.6) is 11.5 Å². The number of pyridine rings is 1. The summed E-state index contributed by atoms with van der Waals surface area (Å²) in [6.07, 6.45) is 6.50. The normalized spacial score (nSPS) is 10.9. The summed E-state index contributed by atoms with van der Waals surface area (Å²) in [4.78, 5) is 23.5. The van der Waals surface area contributed by atoms with E-state index in [0.717, 1.165) is 0 Å². The molecule has 0 bridgehead atoms. The zero-order valence-corrected chi connectivity index (χ0v) is 19.7. The summed E-state index contributed by atoms with van der Waals surface area (Å²) >= 11 is 1.22. The summed E-state index contributed by atoms with van der Waals surface area (Å²) in [5.41, 5.74) is 1.69. The second kappa shape index (κ2) is 10.5. The lowest BCUT2D eigenvalue weighted by atomic mass is 10.1. The second-order valence-electron chi connectivity index (χ2n) is 7.14. The van der Waals surface area contributed by atoms with Gasteiger partial charge in [0.2, 0.25) is 0 Å². The van der Waals surface area contributed by atoms with Crippen molar-refractivity contribution in [3.63, 3.8) is 0 Å². The Kier molecular flexibility index (Phi) is 7.29. The fourth-order valence-corrected chi connectivity index (χ4v) is 3.82. The SMILES string of the molecule is COc1cc(OC)c(F)c(N(CCOSC)c2ccc3ncn(-c4cccnc4)c(=O)c3c2)c1. The van der Waals surface area contributed by atoms with Gasteiger partial charge in [0, 0.05) is 36.8 Å². The molecular formula is C24H23FN4O4S. The summed E-state index contributed by atoms with van der Waals surface area (Å²) in [5, 5.41) is 0.384. The third-order valence-electron chi connectivity index (χ3n) is 5.23. The van der Waals surface area contributed by atoms with Gasteiger partial charge in [-0.3, -0.25) is 14.3 Å². The first-order chi connectivity index (χ1) is 16.6. The van der Waals surface area contributed by atoms with Gasteiger partial charge in [-0.05, 0) is 42.4 Å². The van der Waals surface area contributed by atoms with E-state index in [1.807, 2.05) is 6.26 Å². The van der Waals surface area contributed by atoms with E-state index in [2.05, 4.69) is 9.97 Å². The van der Waals surface area contributed by atoms with Crippen molar-refractivity contribution >= 4 is 34.3 Å². The van der Waals surface area contributed by atoms with E-state index in [1.54, 1.807) is 53.7 Å². The maximum absolute atomic E-state index is 15.4. The molecule has 0 aliphatic carbocycles. The van der Waals surface area contributed by atoms with Gasteiger partial charge in [-0.15, -0.1) is 0 Å². The Morgan fingerprint density at radius 3 is 2.71 bits per heavy atom. The molecule has 2 heterocycles. The van der Waals surface area contributed by atoms with Gasteiger partial charge in [0.25, 0.3) is 5.56 Å². The van der Waals surface area contributed by atoms with Gasteiger partial charge < -0.3 is 18.6 Å². The molecule has 0 aliphatic rings. The van der Waals surface area contributed by atoms with E-state index in [0.29, 0.717) is 41.2 Å². The predicted molar refractivity (Wildman–Crippen MR) is 131 cm³/mol. The van der Waals surface area contributed by atoms with Crippen LogP contribution in [0, 0.1) is 5.82 Å². The number of halogens is 1. The van der Waals surface area contributed by atoms with Crippen LogP contribution in [0.1, 0.15) is 0 Å². The second-order valence-corrected chi connectivity index (χ2v) is 7.70. The highest BCUT2D eigenvalue weighted by Gasteiger charge is 2.20. The molecule has 2 aromatic carbocycles. The van der Waals surface area contributed by atoms with E-state index < -0.39 is 5.82 Å². The molecule has 0 N–H and O–H groups in total. The molecule has 8 nitrogen and oxygen atoms in total. The van der Waals surface area contributed by atoms with Crippen LogP contribution in [0.4, 0.5) is 15.8 Å². The summed E-state index contributed by atoms with van der Waals surface area (Å²) in [6.45, 7) is 0.627. The van der Waals surface area contributed by atoms with Crippen molar-refractivity contribution < 1.29 is 18.0 Å². The third-order valence-corrected chi connectivity index (χ3v) is 5.64. The number of hydrogen-bond donors (Lipinski definition) is 0. The zero-order chi connectivity index (χ0) is 24.1. The van der Waals surface area contributed by atoms with Crippen LogP contribution in [0.25, 0.3) is 16.6 Å². The van der Waals surface area contributed by atoms with E-state index in [-0.39, 0.29) is 17.0 Å². The molecule has 0 radical (unpaired) electrons. The minimum Gasteiger partial charge on any atom is -0.497 e. The van der Waals surface area contributed by atoms with Crippen LogP contribution in [0.3, 0.4) is 0 Å². The van der Waals surface area contributed by atoms with Gasteiger partial charge in [0.15, 0.2) is 11.6 Å². The number of methoxy groups -OCH3 is 2. The van der Waals surface area contributed by atoms with Crippen LogP contribution in [0.2, 0.25) is 0 Å². The standard InChI is InChI=1S/C24H23FN4O4S/c1-31-18-12-21(23(25)22(13-18)32-2)28(9-10-33-34-3)16-6-7-20-19(11-16)24(30)29(15-27-20)17-5-4-8-26-14-17/h4-8,11-15H,9-10H2,1-3H3. The van der Waals surface area contributed by atoms with Gasteiger partial charge in [-0.1, -0.05) is 0 Å². The smallest absolute Gasteiger partial charge is 0.265 e. The molecule has 0 aliphatic heterocycles. The highest BCUT2D eigenvalue weighted by molar-refractivity contribution is 7.93. The van der Waals surface area contributed by atoms with Crippen LogP contribution >= 0.6 is 12.0 Å². The first-order valence-electron chi connectivity index (χ1n) is 10.3. The molecular weight excluding hydrogens is 459 g/mol. The Hall–Kier alpha value is -3.63. The van der Waals surface area contributed by atoms with Crippen LogP contribution < -0.4 is 19.9 Å². The van der Waals surface area contributed by atoms with Gasteiger partial charge in [0.1, 0.15) is 12.1 Å². The molecule has 0 saturated carbocycles. The lowest BCUT2D eigenvalue weighted by Gasteiger charge is -2.26. The number of rotatable bonds is 9. The van der Waals surface area contributed by atoms with Gasteiger partial charge in [-0.25, -0.2) is 9.37 Å². The maximum Gasteiger partial charge on any atom is 0.265 e. The minimum atomic E-state index is -0.550. The molecule has 0 spiro atoms. The topological polar surface area (TPSA) is 78.7 Å². The Labute approximate surface area is 200 Å². The van der Waals surface area contributed by atoms with E-state index in [4.69, 9.17) is 13.7 Å². The number of aromatic nitrogens is 3. The van der Waals surface area contributed by atoms with Gasteiger partial charge in [0.05, 0.1) is 49.3 Å². The Balaban J connectivity index is 1.87. The van der Waals surface area contributed by atoms with Crippen molar-refractivity contribution in [3.8, 4) is 17.2 Å². The molecule has 4 rings (SSSR count). The van der Waals surface area contributed by atoms with Crippen molar-refractivity contribution in [2.24, 2.45) is 0 Å². The molecule has 4 aromatic rings. The molecule has 0 fully saturated rings. The lowest BCUT2D eigenvalue weighted by Crippen LogP contribution is -2.24. The number of nitrogens with zero attached hydrogens (tertiary/aromatic N) is 4. The summed E-state index contributed by atoms with van der Waals surface area (Å²) in [7, 11) is 2.89. The quantitative estimate of drug-likeness (QED) is 0.257. The van der Waals surface area contributed by atoms with Gasteiger partial charge >= 0.3 is 0 Å². The maximum atomic E-state index is 15.4. The number of hydrogen-bond acceptors (Lipinski definition) is 8. The summed E-state index contributed by atoms with van der Waals surface area (Å²) in [5.74, 6) is -0.0662. The van der Waals surface area contributed by atoms with Crippen molar-refractivity contribution in [2.75, 3.05) is 38.5 Å². The average Bonchev–Trinajstić information content (AvgIpc) is 2.88.